The molecule has 1 atom stereocenters. The molecular formula is C31H33N5O4. The number of hydrogen-bond acceptors (Lipinski definition) is 6. The second-order valence-electron chi connectivity index (χ2n) is 9.51. The molecule has 0 spiro atoms. The molecule has 9 heteroatoms. The third kappa shape index (κ3) is 8.29. The number of rotatable bonds is 11. The van der Waals surface area contributed by atoms with E-state index < -0.39 is 18.0 Å². The van der Waals surface area contributed by atoms with Gasteiger partial charge >= 0.3 is 6.09 Å². The van der Waals surface area contributed by atoms with Gasteiger partial charge in [0, 0.05) is 18.3 Å². The van der Waals surface area contributed by atoms with E-state index in [1.165, 1.54) is 34.8 Å². The fraction of sp³-hybridized carbons (Fsp3) is 0.226. The highest BCUT2D eigenvalue weighted by Gasteiger charge is 2.22. The number of ether oxygens (including phenoxy) is 2. The summed E-state index contributed by atoms with van der Waals surface area (Å²) >= 11 is 0. The molecule has 1 heterocycles. The van der Waals surface area contributed by atoms with Gasteiger partial charge in [-0.2, -0.15) is 5.10 Å². The minimum Gasteiger partial charge on any atom is -0.489 e. The first kappa shape index (κ1) is 28.1. The number of benzene rings is 3. The topological polar surface area (TPSA) is 118 Å². The van der Waals surface area contributed by atoms with Crippen molar-refractivity contribution in [3.05, 3.63) is 118 Å². The molecule has 206 valence electrons. The van der Waals surface area contributed by atoms with Crippen molar-refractivity contribution >= 4 is 18.2 Å². The van der Waals surface area contributed by atoms with E-state index in [1.807, 2.05) is 54.6 Å². The summed E-state index contributed by atoms with van der Waals surface area (Å²) in [7, 11) is 0. The van der Waals surface area contributed by atoms with Crippen LogP contribution in [0.3, 0.4) is 0 Å². The Balaban J connectivity index is 1.30. The number of carbonyl (C=O) groups excluding carboxylic acids is 2. The highest BCUT2D eigenvalue weighted by molar-refractivity contribution is 5.87. The second-order valence-corrected chi connectivity index (χ2v) is 9.51. The fourth-order valence-electron chi connectivity index (χ4n) is 4.22. The Morgan fingerprint density at radius 3 is 2.40 bits per heavy atom. The Labute approximate surface area is 233 Å². The van der Waals surface area contributed by atoms with Gasteiger partial charge in [-0.15, -0.1) is 0 Å². The van der Waals surface area contributed by atoms with Crippen LogP contribution in [-0.2, 0) is 29.2 Å². The molecule has 3 N–H and O–H groups in total. The average Bonchev–Trinajstić information content (AvgIpc) is 3.45. The van der Waals surface area contributed by atoms with Crippen LogP contribution in [0.4, 0.5) is 4.79 Å². The minimum atomic E-state index is -0.926. The molecule has 9 nitrogen and oxygen atoms in total. The predicted octanol–water partition coefficient (Wildman–Crippen LogP) is 4.90. The lowest BCUT2D eigenvalue weighted by atomic mass is 10.0. The molecule has 0 aliphatic heterocycles. The van der Waals surface area contributed by atoms with Gasteiger partial charge in [0.15, 0.2) is 0 Å². The zero-order chi connectivity index (χ0) is 28.3. The summed E-state index contributed by atoms with van der Waals surface area (Å²) in [6.45, 7) is 6.85. The number of nitrogens with one attached hydrogen (secondary N) is 3. The van der Waals surface area contributed by atoms with Crippen LogP contribution in [0.15, 0.2) is 84.4 Å². The van der Waals surface area contributed by atoms with Crippen molar-refractivity contribution in [3.8, 4) is 5.75 Å². The zero-order valence-corrected chi connectivity index (χ0v) is 22.8. The third-order valence-electron chi connectivity index (χ3n) is 6.29. The smallest absolute Gasteiger partial charge is 0.408 e. The second kappa shape index (κ2) is 13.7. The van der Waals surface area contributed by atoms with E-state index in [2.05, 4.69) is 58.7 Å². The average molecular weight is 540 g/mol. The lowest BCUT2D eigenvalue weighted by molar-refractivity contribution is -0.123. The first-order chi connectivity index (χ1) is 19.4. The zero-order valence-electron chi connectivity index (χ0n) is 22.8. The summed E-state index contributed by atoms with van der Waals surface area (Å²) in [5, 5.41) is 6.67. The molecule has 0 bridgehead atoms. The number of carbonyl (C=O) groups is 2. The third-order valence-corrected chi connectivity index (χ3v) is 6.29. The van der Waals surface area contributed by atoms with Crippen LogP contribution in [0.25, 0.3) is 0 Å². The summed E-state index contributed by atoms with van der Waals surface area (Å²) in [6.07, 6.45) is 4.10. The molecule has 0 fully saturated rings. The van der Waals surface area contributed by atoms with Gasteiger partial charge in [0.25, 0.3) is 5.91 Å². The molecule has 0 unspecified atom stereocenters. The molecule has 0 radical (unpaired) electrons. The molecule has 0 saturated carbocycles. The van der Waals surface area contributed by atoms with Gasteiger partial charge < -0.3 is 19.8 Å². The number of nitrogens with zero attached hydrogens (tertiary/aromatic N) is 2. The van der Waals surface area contributed by atoms with E-state index in [1.54, 1.807) is 6.20 Å². The molecule has 1 aromatic heterocycles. The van der Waals surface area contributed by atoms with E-state index in [9.17, 15) is 9.59 Å². The van der Waals surface area contributed by atoms with Crippen molar-refractivity contribution in [2.75, 3.05) is 0 Å². The van der Waals surface area contributed by atoms with E-state index in [0.29, 0.717) is 12.3 Å². The Kier molecular flexibility index (Phi) is 9.66. The van der Waals surface area contributed by atoms with Crippen LogP contribution < -0.4 is 15.5 Å². The molecule has 0 aliphatic carbocycles. The monoisotopic (exact) mass is 539 g/mol. The highest BCUT2D eigenvalue weighted by atomic mass is 16.5. The Morgan fingerprint density at radius 2 is 1.73 bits per heavy atom. The molecule has 40 heavy (non-hydrogen) atoms. The summed E-state index contributed by atoms with van der Waals surface area (Å²) in [5.74, 6) is 0.240. The fourth-order valence-corrected chi connectivity index (χ4v) is 4.22. The summed E-state index contributed by atoms with van der Waals surface area (Å²) in [5.41, 5.74) is 9.63. The van der Waals surface area contributed by atoms with E-state index in [0.717, 1.165) is 16.9 Å². The van der Waals surface area contributed by atoms with Crippen molar-refractivity contribution in [2.45, 2.75) is 46.4 Å². The molecule has 4 aromatic rings. The molecule has 4 rings (SSSR count). The lowest BCUT2D eigenvalue weighted by Crippen LogP contribution is -2.47. The van der Waals surface area contributed by atoms with Crippen LogP contribution in [0.2, 0.25) is 0 Å². The number of hydrogen-bond donors (Lipinski definition) is 3. The molecule has 0 aliphatic rings. The Morgan fingerprint density at radius 1 is 1.00 bits per heavy atom. The number of aromatic nitrogens is 2. The number of amides is 2. The Bertz CT molecular complexity index is 1410. The maximum absolute atomic E-state index is 12.9. The van der Waals surface area contributed by atoms with Gasteiger partial charge in [-0.1, -0.05) is 48.0 Å². The van der Waals surface area contributed by atoms with Gasteiger partial charge in [-0.05, 0) is 72.9 Å². The summed E-state index contributed by atoms with van der Waals surface area (Å²) in [4.78, 5) is 32.2. The molecule has 0 saturated heterocycles. The van der Waals surface area contributed by atoms with Crippen molar-refractivity contribution in [1.82, 2.24) is 20.7 Å². The van der Waals surface area contributed by atoms with Crippen LogP contribution in [0, 0.1) is 20.8 Å². The van der Waals surface area contributed by atoms with Gasteiger partial charge in [-0.3, -0.25) is 4.79 Å². The van der Waals surface area contributed by atoms with Gasteiger partial charge in [0.05, 0.1) is 12.5 Å². The highest BCUT2D eigenvalue weighted by Crippen LogP contribution is 2.20. The van der Waals surface area contributed by atoms with E-state index in [4.69, 9.17) is 9.47 Å². The molecular weight excluding hydrogens is 506 g/mol. The number of aryl methyl sites for hydroxylation is 3. The van der Waals surface area contributed by atoms with Crippen molar-refractivity contribution < 1.29 is 19.1 Å². The summed E-state index contributed by atoms with van der Waals surface area (Å²) < 4.78 is 11.3. The van der Waals surface area contributed by atoms with Crippen LogP contribution >= 0.6 is 0 Å². The van der Waals surface area contributed by atoms with Crippen LogP contribution in [0.1, 0.15) is 39.1 Å². The van der Waals surface area contributed by atoms with Gasteiger partial charge in [0.1, 0.15) is 25.0 Å². The van der Waals surface area contributed by atoms with Gasteiger partial charge in [-0.25, -0.2) is 15.2 Å². The van der Waals surface area contributed by atoms with Crippen molar-refractivity contribution in [3.63, 3.8) is 0 Å². The normalized spacial score (nSPS) is 11.7. The van der Waals surface area contributed by atoms with Crippen LogP contribution in [-0.4, -0.2) is 34.2 Å². The maximum Gasteiger partial charge on any atom is 0.408 e. The maximum atomic E-state index is 12.9. The summed E-state index contributed by atoms with van der Waals surface area (Å²) in [6, 6.07) is 20.1. The Hall–Kier alpha value is -4.92. The van der Waals surface area contributed by atoms with E-state index >= 15 is 0 Å². The quantitative estimate of drug-likeness (QED) is 0.185. The molecule has 3 aromatic carbocycles. The van der Waals surface area contributed by atoms with Crippen molar-refractivity contribution in [1.29, 1.82) is 0 Å². The number of alkyl carbamates (subject to hydrolysis) is 1. The molecule has 2 amide bonds. The standard InChI is InChI=1S/C31H33N5O4/c1-21-13-22(2)28(23(3)14-21)19-39-27-11-9-24(10-12-27)16-34-36-30(37)29(15-26-17-32-20-33-26)35-31(38)40-18-25-7-5-4-6-8-25/h4-14,16-17,20,29H,15,18-19H2,1-3H3,(H,32,33)(H,35,38)(H,36,37)/b34-16-/t29-/m0/s1. The largest absolute Gasteiger partial charge is 0.489 e. The lowest BCUT2D eigenvalue weighted by Gasteiger charge is -2.16. The minimum absolute atomic E-state index is 0.0904. The van der Waals surface area contributed by atoms with Crippen LogP contribution in [0.5, 0.6) is 5.75 Å². The number of aromatic amines is 1. The van der Waals surface area contributed by atoms with Gasteiger partial charge in [0.2, 0.25) is 0 Å². The number of imidazole rings is 1. The van der Waals surface area contributed by atoms with Crippen molar-refractivity contribution in [2.24, 2.45) is 5.10 Å². The predicted molar refractivity (Wildman–Crippen MR) is 153 cm³/mol. The van der Waals surface area contributed by atoms with E-state index in [-0.39, 0.29) is 13.0 Å². The first-order valence-corrected chi connectivity index (χ1v) is 12.9. The number of hydrazone groups is 1. The number of H-pyrrole nitrogens is 1. The SMILES string of the molecule is Cc1cc(C)c(COc2ccc(/C=N\NC(=O)[C@H](Cc3cnc[nH]3)NC(=O)OCc3ccccc3)cc2)c(C)c1. The first-order valence-electron chi connectivity index (χ1n) is 12.9.